The van der Waals surface area contributed by atoms with Gasteiger partial charge in [-0.1, -0.05) is 6.07 Å². The van der Waals surface area contributed by atoms with E-state index in [-0.39, 0.29) is 0 Å². The SMILES string of the molecule is Cc1cccc(-c2nccc(Nc3ccnc(Nc4csc(N=C=O)c4)n3)n2)n1. The van der Waals surface area contributed by atoms with E-state index in [4.69, 9.17) is 0 Å². The van der Waals surface area contributed by atoms with Crippen molar-refractivity contribution in [2.45, 2.75) is 6.92 Å². The van der Waals surface area contributed by atoms with Gasteiger partial charge in [0, 0.05) is 23.5 Å². The molecular formula is C19H14N8OS. The quantitative estimate of drug-likeness (QED) is 0.365. The van der Waals surface area contributed by atoms with Crippen LogP contribution in [-0.2, 0) is 4.79 Å². The number of nitrogens with one attached hydrogen (secondary N) is 2. The zero-order valence-electron chi connectivity index (χ0n) is 15.2. The standard InChI is InChI=1S/C19H14N8OS/c1-12-3-2-4-14(23-12)18-20-7-5-15(26-18)25-16-6-8-21-19(27-16)24-13-9-17(22-11-28)29-10-13/h2-10H,1H3,(H2,20,21,24,25,26,27). The number of aliphatic imine (C=N–C) groups is 1. The zero-order chi connectivity index (χ0) is 20.1. The van der Waals surface area contributed by atoms with Crippen molar-refractivity contribution in [3.05, 3.63) is 59.9 Å². The van der Waals surface area contributed by atoms with Crippen molar-refractivity contribution in [3.8, 4) is 11.5 Å². The Kier molecular flexibility index (Phi) is 5.28. The van der Waals surface area contributed by atoms with Gasteiger partial charge in [-0.25, -0.2) is 24.7 Å². The Bertz CT molecular complexity index is 1200. The van der Waals surface area contributed by atoms with E-state index < -0.39 is 0 Å². The Morgan fingerprint density at radius 1 is 1.00 bits per heavy atom. The number of hydrogen-bond donors (Lipinski definition) is 2. The number of anilines is 4. The maximum Gasteiger partial charge on any atom is 0.241 e. The predicted octanol–water partition coefficient (Wildman–Crippen LogP) is 4.15. The topological polar surface area (TPSA) is 118 Å². The molecule has 142 valence electrons. The van der Waals surface area contributed by atoms with Crippen molar-refractivity contribution in [3.63, 3.8) is 0 Å². The Hall–Kier alpha value is -4.01. The molecule has 29 heavy (non-hydrogen) atoms. The highest BCUT2D eigenvalue weighted by Gasteiger charge is 2.07. The minimum Gasteiger partial charge on any atom is -0.325 e. The van der Waals surface area contributed by atoms with Gasteiger partial charge in [-0.05, 0) is 37.3 Å². The Labute approximate surface area is 169 Å². The number of aryl methyl sites for hydroxylation is 1. The first-order valence-electron chi connectivity index (χ1n) is 8.50. The van der Waals surface area contributed by atoms with Crippen LogP contribution < -0.4 is 10.6 Å². The lowest BCUT2D eigenvalue weighted by Crippen LogP contribution is -2.02. The molecule has 4 rings (SSSR count). The Balaban J connectivity index is 1.52. The largest absolute Gasteiger partial charge is 0.325 e. The summed E-state index contributed by atoms with van der Waals surface area (Å²) in [6.45, 7) is 1.92. The molecule has 0 aliphatic carbocycles. The first-order chi connectivity index (χ1) is 14.2. The number of isocyanates is 1. The highest BCUT2D eigenvalue weighted by Crippen LogP contribution is 2.28. The van der Waals surface area contributed by atoms with Gasteiger partial charge in [0.05, 0.1) is 5.69 Å². The Morgan fingerprint density at radius 2 is 1.83 bits per heavy atom. The molecule has 4 heterocycles. The molecule has 0 saturated carbocycles. The molecule has 0 radical (unpaired) electrons. The van der Waals surface area contributed by atoms with Crippen LogP contribution >= 0.6 is 11.3 Å². The van der Waals surface area contributed by atoms with Gasteiger partial charge in [-0.2, -0.15) is 9.98 Å². The van der Waals surface area contributed by atoms with E-state index in [9.17, 15) is 4.79 Å². The molecule has 2 N–H and O–H groups in total. The summed E-state index contributed by atoms with van der Waals surface area (Å²) in [5.74, 6) is 2.06. The van der Waals surface area contributed by atoms with Gasteiger partial charge in [0.25, 0.3) is 0 Å². The lowest BCUT2D eigenvalue weighted by Gasteiger charge is -2.08. The van der Waals surface area contributed by atoms with Crippen molar-refractivity contribution >= 4 is 45.7 Å². The molecule has 9 nitrogen and oxygen atoms in total. The summed E-state index contributed by atoms with van der Waals surface area (Å²) in [4.78, 5) is 35.8. The maximum absolute atomic E-state index is 10.3. The second-order valence-corrected chi connectivity index (χ2v) is 6.71. The normalized spacial score (nSPS) is 10.2. The highest BCUT2D eigenvalue weighted by molar-refractivity contribution is 7.14. The van der Waals surface area contributed by atoms with Gasteiger partial charge in [-0.3, -0.25) is 0 Å². The second-order valence-electron chi connectivity index (χ2n) is 5.82. The molecule has 0 fully saturated rings. The average molecular weight is 402 g/mol. The van der Waals surface area contributed by atoms with E-state index in [1.165, 1.54) is 17.4 Å². The third-order valence-electron chi connectivity index (χ3n) is 3.68. The minimum absolute atomic E-state index is 0.393. The van der Waals surface area contributed by atoms with E-state index >= 15 is 0 Å². The lowest BCUT2D eigenvalue weighted by atomic mass is 10.3. The first kappa shape index (κ1) is 18.4. The molecule has 4 aromatic heterocycles. The van der Waals surface area contributed by atoms with Crippen LogP contribution in [0.25, 0.3) is 11.5 Å². The van der Waals surface area contributed by atoms with Crippen molar-refractivity contribution in [1.29, 1.82) is 0 Å². The molecule has 4 aromatic rings. The molecule has 0 spiro atoms. The number of rotatable bonds is 6. The molecule has 10 heteroatoms. The smallest absolute Gasteiger partial charge is 0.241 e. The fourth-order valence-electron chi connectivity index (χ4n) is 2.46. The molecule has 0 bridgehead atoms. The van der Waals surface area contributed by atoms with E-state index in [1.54, 1.807) is 30.6 Å². The summed E-state index contributed by atoms with van der Waals surface area (Å²) in [5.41, 5.74) is 2.33. The van der Waals surface area contributed by atoms with Gasteiger partial charge >= 0.3 is 0 Å². The fraction of sp³-hybridized carbons (Fsp3) is 0.0526. The van der Waals surface area contributed by atoms with Crippen molar-refractivity contribution in [2.75, 3.05) is 10.6 Å². The molecule has 0 aliphatic rings. The Morgan fingerprint density at radius 3 is 2.66 bits per heavy atom. The van der Waals surface area contributed by atoms with Crippen LogP contribution in [0.2, 0.25) is 0 Å². The van der Waals surface area contributed by atoms with Gasteiger partial charge < -0.3 is 10.6 Å². The number of thiophene rings is 1. The fourth-order valence-corrected chi connectivity index (χ4v) is 3.12. The van der Waals surface area contributed by atoms with Gasteiger partial charge in [0.15, 0.2) is 5.82 Å². The molecule has 0 amide bonds. The van der Waals surface area contributed by atoms with Gasteiger partial charge in [0.2, 0.25) is 12.0 Å². The van der Waals surface area contributed by atoms with E-state index in [2.05, 4.69) is 40.5 Å². The van der Waals surface area contributed by atoms with Crippen LogP contribution in [-0.4, -0.2) is 31.0 Å². The maximum atomic E-state index is 10.3. The zero-order valence-corrected chi connectivity index (χ0v) is 16.0. The summed E-state index contributed by atoms with van der Waals surface area (Å²) in [6, 6.07) is 10.9. The molecule has 0 saturated heterocycles. The number of nitrogens with zero attached hydrogens (tertiary/aromatic N) is 6. The molecule has 0 aromatic carbocycles. The van der Waals surface area contributed by atoms with E-state index in [0.717, 1.165) is 11.4 Å². The third-order valence-corrected chi connectivity index (χ3v) is 4.50. The molecule has 0 unspecified atom stereocenters. The predicted molar refractivity (Wildman–Crippen MR) is 111 cm³/mol. The summed E-state index contributed by atoms with van der Waals surface area (Å²) in [7, 11) is 0. The monoisotopic (exact) mass is 402 g/mol. The third kappa shape index (κ3) is 4.64. The van der Waals surface area contributed by atoms with Crippen LogP contribution in [0, 0.1) is 6.92 Å². The summed E-state index contributed by atoms with van der Waals surface area (Å²) in [5, 5.41) is 8.57. The van der Waals surface area contributed by atoms with E-state index in [1.807, 2.05) is 30.5 Å². The second kappa shape index (κ2) is 8.34. The molecule has 0 atom stereocenters. The van der Waals surface area contributed by atoms with Gasteiger partial charge in [0.1, 0.15) is 22.3 Å². The van der Waals surface area contributed by atoms with Crippen molar-refractivity contribution in [2.24, 2.45) is 4.99 Å². The van der Waals surface area contributed by atoms with Crippen LogP contribution in [0.1, 0.15) is 5.69 Å². The van der Waals surface area contributed by atoms with Crippen LogP contribution in [0.3, 0.4) is 0 Å². The highest BCUT2D eigenvalue weighted by atomic mass is 32.1. The van der Waals surface area contributed by atoms with E-state index in [0.29, 0.717) is 34.1 Å². The molecule has 0 aliphatic heterocycles. The summed E-state index contributed by atoms with van der Waals surface area (Å²) in [6.07, 6.45) is 4.80. The number of hydrogen-bond acceptors (Lipinski definition) is 10. The number of carbonyl (C=O) groups excluding carboxylic acids is 1. The first-order valence-corrected chi connectivity index (χ1v) is 9.38. The van der Waals surface area contributed by atoms with Crippen molar-refractivity contribution in [1.82, 2.24) is 24.9 Å². The number of pyridine rings is 1. The van der Waals surface area contributed by atoms with Crippen LogP contribution in [0.4, 0.5) is 28.3 Å². The molecular weight excluding hydrogens is 388 g/mol. The summed E-state index contributed by atoms with van der Waals surface area (Å²) >= 11 is 1.31. The lowest BCUT2D eigenvalue weighted by molar-refractivity contribution is 0.565. The minimum atomic E-state index is 0.393. The van der Waals surface area contributed by atoms with Gasteiger partial charge in [-0.15, -0.1) is 11.3 Å². The van der Waals surface area contributed by atoms with Crippen molar-refractivity contribution < 1.29 is 4.79 Å². The summed E-state index contributed by atoms with van der Waals surface area (Å²) < 4.78 is 0. The average Bonchev–Trinajstić information content (AvgIpc) is 3.16. The van der Waals surface area contributed by atoms with Crippen LogP contribution in [0.15, 0.2) is 59.2 Å². The number of aromatic nitrogens is 5. The van der Waals surface area contributed by atoms with Crippen LogP contribution in [0.5, 0.6) is 0 Å².